The van der Waals surface area contributed by atoms with Crippen LogP contribution in [0, 0.1) is 0 Å². The smallest absolute Gasteiger partial charge is 0.410 e. The van der Waals surface area contributed by atoms with Crippen LogP contribution >= 0.6 is 0 Å². The number of carbonyl (C=O) groups is 2. The van der Waals surface area contributed by atoms with Crippen molar-refractivity contribution in [3.8, 4) is 5.75 Å². The Kier molecular flexibility index (Phi) is 4.83. The quantitative estimate of drug-likeness (QED) is 0.800. The molecule has 1 aliphatic rings. The van der Waals surface area contributed by atoms with Gasteiger partial charge in [0.2, 0.25) is 0 Å². The summed E-state index contributed by atoms with van der Waals surface area (Å²) >= 11 is 0. The third-order valence-electron chi connectivity index (χ3n) is 3.94. The molecule has 2 heterocycles. The summed E-state index contributed by atoms with van der Waals surface area (Å²) in [6, 6.07) is 1.31. The number of aromatic nitrogens is 1. The Labute approximate surface area is 147 Å². The second-order valence-corrected chi connectivity index (χ2v) is 7.80. The normalized spacial score (nSPS) is 17.3. The molecule has 8 heteroatoms. The first kappa shape index (κ1) is 18.8. The predicted octanol–water partition coefficient (Wildman–Crippen LogP) is 1.84. The van der Waals surface area contributed by atoms with E-state index in [0.29, 0.717) is 19.6 Å². The Bertz CT molecular complexity index is 682. The maximum atomic E-state index is 12.8. The van der Waals surface area contributed by atoms with Crippen molar-refractivity contribution < 1.29 is 19.4 Å². The number of nitrogens with two attached hydrogens (primary N) is 1. The van der Waals surface area contributed by atoms with E-state index in [0.717, 1.165) is 0 Å². The molecule has 0 aromatic carbocycles. The third kappa shape index (κ3) is 4.32. The number of carbonyl (C=O) groups excluding carboxylic acids is 2. The highest BCUT2D eigenvalue weighted by Crippen LogP contribution is 2.26. The molecule has 1 saturated heterocycles. The molecule has 0 atom stereocenters. The molecular weight excluding hydrogens is 324 g/mol. The SMILES string of the molecule is CC(C)(C)OC(=O)N1CCN(C(=O)c2cnc(N)c(O)c2)C(C)(C)C1. The van der Waals surface area contributed by atoms with Crippen molar-refractivity contribution in [2.75, 3.05) is 25.4 Å². The largest absolute Gasteiger partial charge is 0.504 e. The molecule has 1 aromatic heterocycles. The molecule has 0 radical (unpaired) electrons. The van der Waals surface area contributed by atoms with Gasteiger partial charge in [0, 0.05) is 25.8 Å². The van der Waals surface area contributed by atoms with Crippen molar-refractivity contribution in [1.82, 2.24) is 14.8 Å². The molecule has 3 N–H and O–H groups in total. The van der Waals surface area contributed by atoms with Gasteiger partial charge in [-0.1, -0.05) is 0 Å². The number of ether oxygens (including phenoxy) is 1. The van der Waals surface area contributed by atoms with E-state index < -0.39 is 11.1 Å². The van der Waals surface area contributed by atoms with Crippen LogP contribution in [-0.2, 0) is 4.74 Å². The van der Waals surface area contributed by atoms with Crippen LogP contribution in [0.1, 0.15) is 45.0 Å². The summed E-state index contributed by atoms with van der Waals surface area (Å²) in [4.78, 5) is 32.2. The summed E-state index contributed by atoms with van der Waals surface area (Å²) < 4.78 is 5.41. The Morgan fingerprint density at radius 3 is 2.48 bits per heavy atom. The predicted molar refractivity (Wildman–Crippen MR) is 93.2 cm³/mol. The van der Waals surface area contributed by atoms with Gasteiger partial charge in [0.05, 0.1) is 11.1 Å². The minimum Gasteiger partial charge on any atom is -0.504 e. The zero-order chi connectivity index (χ0) is 19.0. The van der Waals surface area contributed by atoms with Crippen LogP contribution in [0.5, 0.6) is 5.75 Å². The van der Waals surface area contributed by atoms with E-state index >= 15 is 0 Å². The highest BCUT2D eigenvalue weighted by atomic mass is 16.6. The number of pyridine rings is 1. The van der Waals surface area contributed by atoms with Crippen molar-refractivity contribution in [2.24, 2.45) is 0 Å². The van der Waals surface area contributed by atoms with Crippen LogP contribution < -0.4 is 5.73 Å². The molecule has 0 saturated carbocycles. The van der Waals surface area contributed by atoms with Gasteiger partial charge in [-0.25, -0.2) is 9.78 Å². The molecule has 0 unspecified atom stereocenters. The molecule has 0 bridgehead atoms. The summed E-state index contributed by atoms with van der Waals surface area (Å²) in [6.07, 6.45) is 0.952. The summed E-state index contributed by atoms with van der Waals surface area (Å²) in [5.74, 6) is -0.516. The highest BCUT2D eigenvalue weighted by molar-refractivity contribution is 5.95. The van der Waals surface area contributed by atoms with Crippen LogP contribution in [-0.4, -0.2) is 62.7 Å². The molecule has 0 spiro atoms. The zero-order valence-corrected chi connectivity index (χ0v) is 15.4. The van der Waals surface area contributed by atoms with Gasteiger partial charge < -0.3 is 25.4 Å². The second-order valence-electron chi connectivity index (χ2n) is 7.80. The van der Waals surface area contributed by atoms with Gasteiger partial charge in [-0.3, -0.25) is 4.79 Å². The number of aromatic hydroxyl groups is 1. The van der Waals surface area contributed by atoms with Crippen LogP contribution in [0.25, 0.3) is 0 Å². The Morgan fingerprint density at radius 1 is 1.32 bits per heavy atom. The van der Waals surface area contributed by atoms with Gasteiger partial charge in [0.15, 0.2) is 11.6 Å². The summed E-state index contributed by atoms with van der Waals surface area (Å²) in [5.41, 5.74) is 4.57. The second kappa shape index (κ2) is 6.42. The van der Waals surface area contributed by atoms with Crippen LogP contribution in [0.4, 0.5) is 10.6 Å². The number of anilines is 1. The first-order valence-electron chi connectivity index (χ1n) is 8.15. The van der Waals surface area contributed by atoms with Crippen molar-refractivity contribution in [3.05, 3.63) is 17.8 Å². The minimum atomic E-state index is -0.594. The number of nitrogen functional groups attached to an aromatic ring is 1. The maximum Gasteiger partial charge on any atom is 0.410 e. The number of nitrogens with zero attached hydrogens (tertiary/aromatic N) is 3. The van der Waals surface area contributed by atoms with Gasteiger partial charge >= 0.3 is 6.09 Å². The zero-order valence-electron chi connectivity index (χ0n) is 15.4. The fourth-order valence-corrected chi connectivity index (χ4v) is 2.75. The lowest BCUT2D eigenvalue weighted by Crippen LogP contribution is -2.62. The summed E-state index contributed by atoms with van der Waals surface area (Å²) in [5, 5.41) is 9.67. The average molecular weight is 350 g/mol. The Balaban J connectivity index is 2.13. The molecule has 8 nitrogen and oxygen atoms in total. The molecule has 1 fully saturated rings. The monoisotopic (exact) mass is 350 g/mol. The van der Waals surface area contributed by atoms with E-state index in [9.17, 15) is 14.7 Å². The lowest BCUT2D eigenvalue weighted by Gasteiger charge is -2.47. The highest BCUT2D eigenvalue weighted by Gasteiger charge is 2.40. The fraction of sp³-hybridized carbons (Fsp3) is 0.588. The van der Waals surface area contributed by atoms with Crippen LogP contribution in [0.3, 0.4) is 0 Å². The molecule has 2 amide bonds. The number of hydrogen-bond donors (Lipinski definition) is 2. The average Bonchev–Trinajstić information content (AvgIpc) is 2.46. The molecule has 25 heavy (non-hydrogen) atoms. The topological polar surface area (TPSA) is 109 Å². The van der Waals surface area contributed by atoms with E-state index in [1.165, 1.54) is 12.3 Å². The summed E-state index contributed by atoms with van der Waals surface area (Å²) in [6.45, 7) is 10.3. The first-order chi connectivity index (χ1) is 11.4. The number of amides is 2. The first-order valence-corrected chi connectivity index (χ1v) is 8.15. The van der Waals surface area contributed by atoms with Crippen molar-refractivity contribution in [3.63, 3.8) is 0 Å². The molecule has 1 aliphatic heterocycles. The van der Waals surface area contributed by atoms with Gasteiger partial charge in [0.1, 0.15) is 5.60 Å². The van der Waals surface area contributed by atoms with Crippen LogP contribution in [0.15, 0.2) is 12.3 Å². The number of piperazine rings is 1. The summed E-state index contributed by atoms with van der Waals surface area (Å²) in [7, 11) is 0. The fourth-order valence-electron chi connectivity index (χ4n) is 2.75. The van der Waals surface area contributed by atoms with Gasteiger partial charge in [-0.05, 0) is 40.7 Å². The van der Waals surface area contributed by atoms with Gasteiger partial charge in [-0.15, -0.1) is 0 Å². The van der Waals surface area contributed by atoms with Crippen LogP contribution in [0.2, 0.25) is 0 Å². The van der Waals surface area contributed by atoms with E-state index in [-0.39, 0.29) is 29.1 Å². The van der Waals surface area contributed by atoms with Crippen molar-refractivity contribution in [2.45, 2.75) is 45.8 Å². The van der Waals surface area contributed by atoms with Crippen molar-refractivity contribution >= 4 is 17.8 Å². The number of rotatable bonds is 1. The Hall–Kier alpha value is -2.51. The maximum absolute atomic E-state index is 12.8. The minimum absolute atomic E-state index is 0.0226. The number of hydrogen-bond acceptors (Lipinski definition) is 6. The third-order valence-corrected chi connectivity index (χ3v) is 3.94. The van der Waals surface area contributed by atoms with Crippen molar-refractivity contribution in [1.29, 1.82) is 0 Å². The standard InChI is InChI=1S/C17H26N4O4/c1-16(2,3)25-15(24)20-6-7-21(17(4,5)10-20)14(23)11-8-12(22)13(18)19-9-11/h8-9,22H,6-7,10H2,1-5H3,(H2,18,19). The van der Waals surface area contributed by atoms with E-state index in [1.807, 2.05) is 34.6 Å². The molecule has 138 valence electrons. The van der Waals surface area contributed by atoms with E-state index in [2.05, 4.69) is 4.98 Å². The molecule has 1 aromatic rings. The van der Waals surface area contributed by atoms with E-state index in [1.54, 1.807) is 9.80 Å². The van der Waals surface area contributed by atoms with E-state index in [4.69, 9.17) is 10.5 Å². The Morgan fingerprint density at radius 2 is 1.96 bits per heavy atom. The lowest BCUT2D eigenvalue weighted by atomic mass is 9.97. The molecule has 0 aliphatic carbocycles. The lowest BCUT2D eigenvalue weighted by molar-refractivity contribution is -0.0109. The van der Waals surface area contributed by atoms with Gasteiger partial charge in [0.25, 0.3) is 5.91 Å². The van der Waals surface area contributed by atoms with Gasteiger partial charge in [-0.2, -0.15) is 0 Å². The molecule has 2 rings (SSSR count). The molecular formula is C17H26N4O4.